The highest BCUT2D eigenvalue weighted by Crippen LogP contribution is 2.00. The van der Waals surface area contributed by atoms with E-state index in [1.807, 2.05) is 30.3 Å². The van der Waals surface area contributed by atoms with E-state index < -0.39 is 0 Å². The first-order valence-electron chi connectivity index (χ1n) is 3.68. The fourth-order valence-corrected chi connectivity index (χ4v) is 0.790. The van der Waals surface area contributed by atoms with Crippen molar-refractivity contribution in [2.24, 2.45) is 0 Å². The van der Waals surface area contributed by atoms with Gasteiger partial charge in [0.1, 0.15) is 13.2 Å². The Morgan fingerprint density at radius 1 is 1.33 bits per heavy atom. The van der Waals surface area contributed by atoms with Crippen LogP contribution in [0.4, 0.5) is 0 Å². The van der Waals surface area contributed by atoms with E-state index in [0.29, 0.717) is 6.61 Å². The third-order valence-corrected chi connectivity index (χ3v) is 1.40. The highest BCUT2D eigenvalue weighted by molar-refractivity contribution is 5.73. The van der Waals surface area contributed by atoms with Crippen molar-refractivity contribution < 1.29 is 9.84 Å². The zero-order chi connectivity index (χ0) is 8.81. The second kappa shape index (κ2) is 4.51. The second-order valence-electron chi connectivity index (χ2n) is 2.36. The average Bonchev–Trinajstić information content (AvgIpc) is 2.16. The minimum atomic E-state index is -0.340. The molecule has 1 aromatic rings. The van der Waals surface area contributed by atoms with Crippen molar-refractivity contribution in [3.05, 3.63) is 35.9 Å². The molecule has 1 rings (SSSR count). The first kappa shape index (κ1) is 8.74. The molecule has 0 radical (unpaired) electrons. The Kier molecular flexibility index (Phi) is 3.29. The van der Waals surface area contributed by atoms with Crippen molar-refractivity contribution in [3.63, 3.8) is 0 Å². The Bertz CT molecular complexity index is 246. The molecule has 0 atom stereocenters. The number of nitrogens with one attached hydrogen (secondary N) is 1. The van der Waals surface area contributed by atoms with Crippen LogP contribution in [0.5, 0.6) is 0 Å². The summed E-state index contributed by atoms with van der Waals surface area (Å²) in [6.07, 6.45) is 0. The molecule has 3 nitrogen and oxygen atoms in total. The Labute approximate surface area is 71.1 Å². The highest BCUT2D eigenvalue weighted by atomic mass is 16.5. The first-order valence-corrected chi connectivity index (χ1v) is 3.68. The lowest BCUT2D eigenvalue weighted by molar-refractivity contribution is 0.242. The van der Waals surface area contributed by atoms with Gasteiger partial charge in [-0.2, -0.15) is 0 Å². The normalized spacial score (nSPS) is 9.42. The van der Waals surface area contributed by atoms with E-state index in [4.69, 9.17) is 15.3 Å². The molecule has 0 spiro atoms. The topological polar surface area (TPSA) is 53.3 Å². The van der Waals surface area contributed by atoms with Crippen LogP contribution in [0, 0.1) is 5.41 Å². The molecule has 1 aromatic carbocycles. The predicted molar refractivity (Wildman–Crippen MR) is 46.0 cm³/mol. The molecule has 0 saturated heterocycles. The predicted octanol–water partition coefficient (Wildman–Crippen LogP) is 1.17. The Hall–Kier alpha value is -1.35. The van der Waals surface area contributed by atoms with Crippen LogP contribution < -0.4 is 0 Å². The maximum absolute atomic E-state index is 8.46. The van der Waals surface area contributed by atoms with Crippen molar-refractivity contribution in [2.75, 3.05) is 6.61 Å². The Morgan fingerprint density at radius 3 is 2.58 bits per heavy atom. The second-order valence-corrected chi connectivity index (χ2v) is 2.36. The number of hydrogen-bond acceptors (Lipinski definition) is 3. The minimum Gasteiger partial charge on any atom is -0.475 e. The highest BCUT2D eigenvalue weighted by Gasteiger charge is 1.94. The van der Waals surface area contributed by atoms with Gasteiger partial charge < -0.3 is 9.84 Å². The lowest BCUT2D eigenvalue weighted by atomic mass is 10.2. The molecule has 0 saturated carbocycles. The standard InChI is InChI=1S/C9H11NO2/c10-9(6-11)12-7-8-4-2-1-3-5-8/h1-5,10-11H,6-7H2. The van der Waals surface area contributed by atoms with E-state index in [1.54, 1.807) is 0 Å². The fraction of sp³-hybridized carbons (Fsp3) is 0.222. The molecule has 0 heterocycles. The lowest BCUT2D eigenvalue weighted by Crippen LogP contribution is -2.07. The largest absolute Gasteiger partial charge is 0.475 e. The summed E-state index contributed by atoms with van der Waals surface area (Å²) in [6, 6.07) is 9.54. The van der Waals surface area contributed by atoms with Crippen LogP contribution in [0.25, 0.3) is 0 Å². The van der Waals surface area contributed by atoms with E-state index in [2.05, 4.69) is 0 Å². The molecule has 0 aromatic heterocycles. The van der Waals surface area contributed by atoms with Gasteiger partial charge in [0, 0.05) is 0 Å². The van der Waals surface area contributed by atoms with Crippen molar-refractivity contribution in [2.45, 2.75) is 6.61 Å². The smallest absolute Gasteiger partial charge is 0.207 e. The summed E-state index contributed by atoms with van der Waals surface area (Å²) < 4.78 is 4.91. The van der Waals surface area contributed by atoms with Crippen molar-refractivity contribution in [1.29, 1.82) is 5.41 Å². The molecule has 0 aliphatic heterocycles. The zero-order valence-electron chi connectivity index (χ0n) is 6.66. The van der Waals surface area contributed by atoms with Gasteiger partial charge in [0.25, 0.3) is 0 Å². The summed E-state index contributed by atoms with van der Waals surface area (Å²) in [5, 5.41) is 15.5. The summed E-state index contributed by atoms with van der Waals surface area (Å²) in [7, 11) is 0. The van der Waals surface area contributed by atoms with E-state index in [0.717, 1.165) is 5.56 Å². The van der Waals surface area contributed by atoms with Crippen LogP contribution in [0.1, 0.15) is 5.56 Å². The number of aliphatic hydroxyl groups excluding tert-OH is 1. The number of aliphatic hydroxyl groups is 1. The average molecular weight is 165 g/mol. The van der Waals surface area contributed by atoms with Gasteiger partial charge >= 0.3 is 0 Å². The number of rotatable bonds is 3. The van der Waals surface area contributed by atoms with Crippen molar-refractivity contribution in [1.82, 2.24) is 0 Å². The van der Waals surface area contributed by atoms with Gasteiger partial charge in [-0.15, -0.1) is 0 Å². The van der Waals surface area contributed by atoms with Gasteiger partial charge in [0.15, 0.2) is 0 Å². The molecule has 12 heavy (non-hydrogen) atoms. The van der Waals surface area contributed by atoms with Crippen LogP contribution >= 0.6 is 0 Å². The van der Waals surface area contributed by atoms with Crippen LogP contribution in [0.2, 0.25) is 0 Å². The maximum atomic E-state index is 8.46. The zero-order valence-corrected chi connectivity index (χ0v) is 6.66. The molecule has 2 N–H and O–H groups in total. The SMILES string of the molecule is N=C(CO)OCc1ccccc1. The van der Waals surface area contributed by atoms with Gasteiger partial charge in [-0.1, -0.05) is 30.3 Å². The Morgan fingerprint density at radius 2 is 2.00 bits per heavy atom. The van der Waals surface area contributed by atoms with Crippen molar-refractivity contribution >= 4 is 5.90 Å². The first-order chi connectivity index (χ1) is 5.83. The third-order valence-electron chi connectivity index (χ3n) is 1.40. The monoisotopic (exact) mass is 165 g/mol. The summed E-state index contributed by atoms with van der Waals surface area (Å²) in [5.41, 5.74) is 0.996. The molecule has 0 bridgehead atoms. The summed E-state index contributed by atoms with van der Waals surface area (Å²) in [4.78, 5) is 0. The van der Waals surface area contributed by atoms with Crippen LogP contribution in [-0.4, -0.2) is 17.6 Å². The molecule has 64 valence electrons. The molecule has 0 unspecified atom stereocenters. The molecule has 0 aliphatic rings. The molecule has 3 heteroatoms. The molecule has 0 aliphatic carbocycles. The van der Waals surface area contributed by atoms with Crippen molar-refractivity contribution in [3.8, 4) is 0 Å². The number of ether oxygens (including phenoxy) is 1. The molecule has 0 amide bonds. The van der Waals surface area contributed by atoms with E-state index in [1.165, 1.54) is 0 Å². The van der Waals surface area contributed by atoms with Gasteiger partial charge in [-0.3, -0.25) is 5.41 Å². The van der Waals surface area contributed by atoms with E-state index >= 15 is 0 Å². The lowest BCUT2D eigenvalue weighted by Gasteiger charge is -2.03. The molecule has 0 fully saturated rings. The third kappa shape index (κ3) is 2.72. The fourth-order valence-electron chi connectivity index (χ4n) is 0.790. The number of hydrogen-bond donors (Lipinski definition) is 2. The quantitative estimate of drug-likeness (QED) is 0.522. The van der Waals surface area contributed by atoms with Crippen LogP contribution in [-0.2, 0) is 11.3 Å². The van der Waals surface area contributed by atoms with Crippen LogP contribution in [0.15, 0.2) is 30.3 Å². The van der Waals surface area contributed by atoms with E-state index in [9.17, 15) is 0 Å². The van der Waals surface area contributed by atoms with Crippen LogP contribution in [0.3, 0.4) is 0 Å². The Balaban J connectivity index is 2.38. The molecular weight excluding hydrogens is 154 g/mol. The van der Waals surface area contributed by atoms with Gasteiger partial charge in [0.05, 0.1) is 0 Å². The summed E-state index contributed by atoms with van der Waals surface area (Å²) in [6.45, 7) is 0.00701. The maximum Gasteiger partial charge on any atom is 0.207 e. The molecular formula is C9H11NO2. The van der Waals surface area contributed by atoms with Gasteiger partial charge in [0.2, 0.25) is 5.90 Å². The minimum absolute atomic E-state index is 0.0983. The number of benzene rings is 1. The van der Waals surface area contributed by atoms with Gasteiger partial charge in [-0.05, 0) is 5.56 Å². The van der Waals surface area contributed by atoms with Gasteiger partial charge in [-0.25, -0.2) is 0 Å². The van der Waals surface area contributed by atoms with E-state index in [-0.39, 0.29) is 12.5 Å². The summed E-state index contributed by atoms with van der Waals surface area (Å²) in [5.74, 6) is -0.0983. The summed E-state index contributed by atoms with van der Waals surface area (Å²) >= 11 is 0.